The molecule has 10 atom stereocenters. The van der Waals surface area contributed by atoms with Crippen molar-refractivity contribution in [2.75, 3.05) is 81.0 Å². The summed E-state index contributed by atoms with van der Waals surface area (Å²) in [5.74, 6) is -1.03. The van der Waals surface area contributed by atoms with E-state index in [1.165, 1.54) is 38.9 Å². The van der Waals surface area contributed by atoms with Crippen molar-refractivity contribution in [3.8, 4) is 0 Å². The number of nitrogens with zero attached hydrogens (tertiary/aromatic N) is 5. The van der Waals surface area contributed by atoms with Crippen molar-refractivity contribution < 1.29 is 106 Å². The first kappa shape index (κ1) is 91.6. The number of aliphatic hydroxyl groups excluding tert-OH is 4. The molecule has 6 heterocycles. The Kier molecular flexibility index (Phi) is 32.6. The number of aromatic nitrogens is 3. The number of anilines is 2. The van der Waals surface area contributed by atoms with Gasteiger partial charge in [-0.15, -0.1) is 5.10 Å². The summed E-state index contributed by atoms with van der Waals surface area (Å²) >= 11 is 7.29. The Bertz CT molecular complexity index is 4760. The normalized spacial score (nSPS) is 22.8. The maximum atomic E-state index is 14.9. The molecule has 0 saturated carbocycles. The molecule has 24 nitrogen and oxygen atoms in total. The minimum Gasteiger partial charge on any atom is -0.748 e. The van der Waals surface area contributed by atoms with Gasteiger partial charge in [-0.1, -0.05) is 126 Å². The number of ether oxygens (including phenoxy) is 4. The molecule has 626 valence electrons. The third-order valence-electron chi connectivity index (χ3n) is 23.2. The molecule has 6 aromatic rings. The van der Waals surface area contributed by atoms with Crippen LogP contribution in [0.2, 0.25) is 0 Å². The molecule has 8 N–H and O–H groups in total. The van der Waals surface area contributed by atoms with E-state index >= 15 is 0 Å². The van der Waals surface area contributed by atoms with Gasteiger partial charge >= 0.3 is 41.6 Å². The SMILES string of the molecule is [CH2-]CCCN1/C(=C/C=C2\CCCC(/C=C/C3=[N+](CCCCS(=O)(=O)[O-])c4ccc5ccccc5c4C3(C)C)=C2Sc2ccc(NC(=O)C(CC(Br)CNC3[C@@H](O)[C@H](O)C(CO)O[C@@H]3O)CC(C)(C)C(=O)OCCOCCOCCn3cc(CCC(=O)CCCCC4SCC5NC(=O)NC54)nn3)cc2)C(C)(C)c2c1ccc1ccccc21.[Na+]. The molecule has 7 unspecified atom stereocenters. The van der Waals surface area contributed by atoms with Crippen molar-refractivity contribution in [1.29, 1.82) is 0 Å². The molecule has 29 heteroatoms. The van der Waals surface area contributed by atoms with E-state index in [1.807, 2.05) is 48.3 Å². The fourth-order valence-corrected chi connectivity index (χ4v) is 21.0. The van der Waals surface area contributed by atoms with Crippen LogP contribution in [0.15, 0.2) is 154 Å². The number of unbranched alkanes of at least 4 members (excludes halogenated alkanes) is 3. The number of hydrogen-bond donors (Lipinski definition) is 8. The van der Waals surface area contributed by atoms with Crippen LogP contribution in [0, 0.1) is 18.3 Å². The summed E-state index contributed by atoms with van der Waals surface area (Å²) in [5, 5.41) is 67.9. The number of urea groups is 1. The zero-order valence-corrected chi connectivity index (χ0v) is 74.4. The number of nitrogens with one attached hydrogen (secondary N) is 4. The van der Waals surface area contributed by atoms with E-state index < -0.39 is 80.7 Å². The number of amides is 3. The zero-order chi connectivity index (χ0) is 82.5. The molecule has 117 heavy (non-hydrogen) atoms. The van der Waals surface area contributed by atoms with E-state index in [1.54, 1.807) is 30.3 Å². The van der Waals surface area contributed by atoms with E-state index in [0.29, 0.717) is 56.3 Å². The van der Waals surface area contributed by atoms with Gasteiger partial charge in [0.1, 0.15) is 37.2 Å². The van der Waals surface area contributed by atoms with Crippen molar-refractivity contribution in [3.05, 3.63) is 173 Å². The molecule has 6 aliphatic rings. The number of fused-ring (bicyclic) bond motifs is 7. The van der Waals surface area contributed by atoms with Crippen LogP contribution in [-0.2, 0) is 67.2 Å². The summed E-state index contributed by atoms with van der Waals surface area (Å²) < 4.78 is 62.3. The van der Waals surface area contributed by atoms with Gasteiger partial charge in [0, 0.05) is 116 Å². The Hall–Kier alpha value is -6.16. The van der Waals surface area contributed by atoms with E-state index in [4.69, 9.17) is 18.9 Å². The van der Waals surface area contributed by atoms with Gasteiger partial charge < -0.3 is 77.0 Å². The molecule has 3 fully saturated rings. The van der Waals surface area contributed by atoms with Crippen molar-refractivity contribution in [3.63, 3.8) is 0 Å². The summed E-state index contributed by atoms with van der Waals surface area (Å²) in [6.07, 6.45) is 14.6. The molecule has 1 aliphatic carbocycles. The number of halogens is 1. The maximum Gasteiger partial charge on any atom is 1.00 e. The summed E-state index contributed by atoms with van der Waals surface area (Å²) in [7, 11) is -4.39. The van der Waals surface area contributed by atoms with Crippen molar-refractivity contribution in [1.82, 2.24) is 30.9 Å². The average Bonchev–Trinajstić information content (AvgIpc) is 1.58. The Labute approximate surface area is 726 Å². The van der Waals surface area contributed by atoms with Crippen LogP contribution < -0.4 is 55.7 Å². The van der Waals surface area contributed by atoms with Gasteiger partial charge in [0.2, 0.25) is 11.6 Å². The number of allylic oxidation sites excluding steroid dienone is 7. The topological polar surface area (TPSA) is 328 Å². The van der Waals surface area contributed by atoms with Gasteiger partial charge in [-0.05, 0) is 166 Å². The summed E-state index contributed by atoms with van der Waals surface area (Å²) in [4.78, 5) is 57.4. The van der Waals surface area contributed by atoms with Crippen LogP contribution in [0.25, 0.3) is 21.5 Å². The average molecular weight is 1740 g/mol. The number of carbonyl (C=O) groups is 4. The molecule has 3 saturated heterocycles. The molecule has 1 aromatic heterocycles. The third kappa shape index (κ3) is 23.0. The van der Waals surface area contributed by atoms with Crippen molar-refractivity contribution in [2.24, 2.45) is 11.3 Å². The molecule has 3 amide bonds. The van der Waals surface area contributed by atoms with Crippen LogP contribution in [0.3, 0.4) is 0 Å². The standard InChI is InChI=1S/C88H114BrN9O15S3.Na/c1-8-9-41-97-69-37-27-56-19-10-13-24-66(56)75(69)87(4,5)73(97)39-29-58-21-18-22-59(30-40-74-88(6,7)76-67-25-14-11-20-57(67)28-38-70(76)98(74)42-16-17-49-116(107,108)109)81(58)115-65-35-32-62(33-36-65)91-82(103)60(50-61(89)52-90-78-80(102)79(101)71(54-99)113-83(78)104)51-86(2,3)84(105)112-48-47-111-46-45-110-44-43-96-53-63(94-95-96)31-34-64(100)23-12-15-26-72-77-68(55-114-72)92-85(106)93-77;/h10-11,13-14,19-20,24-25,27-30,32-33,35-40,53,60-61,68,71-72,77-80,83,90,99,101-102,104H,1,8-9,12,15-18,21-23,26,31,34,41-52,54-55H2,2-7H3,(H,91,103)(H2,92,93,106)(H,107,108,109);/q;+1/p-1/t60?,61?,68?,71?,72?,77?,78?,79-,80-,83+;/m1./s1. The first-order chi connectivity index (χ1) is 55.6. The molecular weight excluding hydrogens is 1620 g/mol. The molecular formula is C88H113BrN9NaO15S3. The number of rotatable bonds is 41. The number of benzene rings is 5. The Morgan fingerprint density at radius 1 is 0.855 bits per heavy atom. The largest absolute Gasteiger partial charge is 1.00 e. The van der Waals surface area contributed by atoms with Gasteiger partial charge in [0.25, 0.3) is 0 Å². The minimum absolute atomic E-state index is 0. The first-order valence-corrected chi connectivity index (χ1v) is 45.2. The fourth-order valence-electron chi connectivity index (χ4n) is 17.1. The fraction of sp³-hybridized carbons (Fsp3) is 0.523. The van der Waals surface area contributed by atoms with Gasteiger partial charge in [-0.25, -0.2) is 17.9 Å². The van der Waals surface area contributed by atoms with Crippen molar-refractivity contribution in [2.45, 2.75) is 213 Å². The molecule has 12 rings (SSSR count). The molecule has 0 spiro atoms. The second-order valence-electron chi connectivity index (χ2n) is 32.9. The number of carbonyl (C=O) groups excluding carboxylic acids is 4. The third-order valence-corrected chi connectivity index (χ3v) is 27.5. The quantitative estimate of drug-likeness (QED) is 0.00259. The summed E-state index contributed by atoms with van der Waals surface area (Å²) in [5.41, 5.74) is 8.59. The van der Waals surface area contributed by atoms with Crippen LogP contribution in [0.1, 0.15) is 148 Å². The number of alkyl halides is 1. The number of aliphatic hydroxyl groups is 4. The predicted octanol–water partition coefficient (Wildman–Crippen LogP) is 9.32. The zero-order valence-electron chi connectivity index (χ0n) is 68.3. The van der Waals surface area contributed by atoms with Gasteiger partial charge in [-0.2, -0.15) is 22.8 Å². The Morgan fingerprint density at radius 3 is 2.31 bits per heavy atom. The number of thioether (sulfide) groups is 2. The van der Waals surface area contributed by atoms with Crippen LogP contribution in [0.5, 0.6) is 0 Å². The Balaban J connectivity index is 0.0000134. The second-order valence-corrected chi connectivity index (χ2v) is 38.1. The number of aryl methyl sites for hydroxylation is 1. The van der Waals surface area contributed by atoms with Gasteiger partial charge in [0.15, 0.2) is 12.0 Å². The number of esters is 1. The Morgan fingerprint density at radius 2 is 1.57 bits per heavy atom. The predicted molar refractivity (Wildman–Crippen MR) is 457 cm³/mol. The van der Waals surface area contributed by atoms with Crippen LogP contribution in [0.4, 0.5) is 21.9 Å². The van der Waals surface area contributed by atoms with Gasteiger partial charge in [0.05, 0.1) is 84.3 Å². The number of hydrogen-bond acceptors (Lipinski definition) is 21. The van der Waals surface area contributed by atoms with Gasteiger partial charge in [-0.3, -0.25) is 14.4 Å². The van der Waals surface area contributed by atoms with E-state index in [9.17, 15) is 52.6 Å². The maximum absolute atomic E-state index is 14.9. The van der Waals surface area contributed by atoms with Crippen molar-refractivity contribution >= 4 is 118 Å². The summed E-state index contributed by atoms with van der Waals surface area (Å²) in [6.45, 7) is 19.0. The molecule has 0 bridgehead atoms. The monoisotopic (exact) mass is 1730 g/mol. The minimum atomic E-state index is -4.39. The molecule has 0 radical (unpaired) electrons. The second kappa shape index (κ2) is 41.6. The number of ketones is 1. The molecule has 5 aliphatic heterocycles. The van der Waals surface area contributed by atoms with Crippen LogP contribution >= 0.6 is 39.5 Å². The smallest absolute Gasteiger partial charge is 0.748 e. The molecule has 5 aromatic carbocycles. The summed E-state index contributed by atoms with van der Waals surface area (Å²) in [6, 6.07) is 32.6. The van der Waals surface area contributed by atoms with E-state index in [0.717, 1.165) is 107 Å². The number of Topliss-reactive ketones (excluding diaryl/α,β-unsaturated/α-hetero) is 1. The first-order valence-electron chi connectivity index (χ1n) is 40.8. The van der Waals surface area contributed by atoms with E-state index in [-0.39, 0.29) is 117 Å². The van der Waals surface area contributed by atoms with E-state index in [2.05, 4.69) is 183 Å². The van der Waals surface area contributed by atoms with Crippen LogP contribution in [-0.4, -0.2) is 206 Å².